The van der Waals surface area contributed by atoms with Gasteiger partial charge in [-0.05, 0) is 54.2 Å². The van der Waals surface area contributed by atoms with Crippen molar-refractivity contribution in [2.45, 2.75) is 51.2 Å². The summed E-state index contributed by atoms with van der Waals surface area (Å²) in [5.74, 6) is -0.819. The number of aliphatic hydroxyl groups excluding tert-OH is 1. The van der Waals surface area contributed by atoms with E-state index in [9.17, 15) is 14.7 Å². The number of ketones is 1. The Morgan fingerprint density at radius 2 is 1.94 bits per heavy atom. The van der Waals surface area contributed by atoms with Gasteiger partial charge in [-0.3, -0.25) is 14.6 Å². The lowest BCUT2D eigenvalue weighted by Crippen LogP contribution is -2.36. The van der Waals surface area contributed by atoms with Crippen LogP contribution in [0.2, 0.25) is 0 Å². The Morgan fingerprint density at radius 1 is 1.21 bits per heavy atom. The SMILES string of the molecule is COc1ccc(/C(O)=C2/C(=O)C(=O)N(CC3CCCO3)C2c2ccncc2)cc1C(C)(C)C. The summed E-state index contributed by atoms with van der Waals surface area (Å²) < 4.78 is 11.2. The van der Waals surface area contributed by atoms with Gasteiger partial charge in [0.05, 0.1) is 24.8 Å². The number of rotatable bonds is 5. The number of likely N-dealkylation sites (tertiary alicyclic amines) is 1. The summed E-state index contributed by atoms with van der Waals surface area (Å²) in [4.78, 5) is 31.9. The number of nitrogens with zero attached hydrogens (tertiary/aromatic N) is 2. The monoisotopic (exact) mass is 450 g/mol. The molecule has 0 aliphatic carbocycles. The zero-order valence-corrected chi connectivity index (χ0v) is 19.5. The molecule has 2 fully saturated rings. The molecule has 0 bridgehead atoms. The Bertz CT molecular complexity index is 1080. The van der Waals surface area contributed by atoms with E-state index in [1.54, 1.807) is 43.8 Å². The van der Waals surface area contributed by atoms with E-state index < -0.39 is 17.7 Å². The summed E-state index contributed by atoms with van der Waals surface area (Å²) >= 11 is 0. The minimum absolute atomic E-state index is 0.0780. The second-order valence-corrected chi connectivity index (χ2v) is 9.53. The fourth-order valence-corrected chi connectivity index (χ4v) is 4.57. The summed E-state index contributed by atoms with van der Waals surface area (Å²) in [6.07, 6.45) is 4.87. The molecule has 2 atom stereocenters. The van der Waals surface area contributed by atoms with Crippen LogP contribution in [-0.4, -0.2) is 53.0 Å². The number of hydrogen-bond donors (Lipinski definition) is 1. The van der Waals surface area contributed by atoms with Gasteiger partial charge in [-0.15, -0.1) is 0 Å². The van der Waals surface area contributed by atoms with Crippen molar-refractivity contribution in [1.29, 1.82) is 0 Å². The highest BCUT2D eigenvalue weighted by Gasteiger charge is 2.47. The number of aliphatic hydroxyl groups is 1. The van der Waals surface area contributed by atoms with Crippen LogP contribution in [0.25, 0.3) is 5.76 Å². The van der Waals surface area contributed by atoms with Gasteiger partial charge in [-0.1, -0.05) is 20.8 Å². The van der Waals surface area contributed by atoms with E-state index in [4.69, 9.17) is 9.47 Å². The largest absolute Gasteiger partial charge is 0.507 e. The highest BCUT2D eigenvalue weighted by atomic mass is 16.5. The summed E-state index contributed by atoms with van der Waals surface area (Å²) in [5, 5.41) is 11.4. The first-order chi connectivity index (χ1) is 15.7. The van der Waals surface area contributed by atoms with Crippen LogP contribution in [-0.2, 0) is 19.7 Å². The van der Waals surface area contributed by atoms with Gasteiger partial charge in [0.25, 0.3) is 11.7 Å². The Kier molecular flexibility index (Phi) is 6.26. The quantitative estimate of drug-likeness (QED) is 0.421. The van der Waals surface area contributed by atoms with E-state index in [-0.39, 0.29) is 22.9 Å². The molecule has 2 saturated heterocycles. The zero-order valence-electron chi connectivity index (χ0n) is 19.5. The molecule has 2 aliphatic rings. The lowest BCUT2D eigenvalue weighted by atomic mass is 9.84. The van der Waals surface area contributed by atoms with Gasteiger partial charge in [0.15, 0.2) is 0 Å². The Morgan fingerprint density at radius 3 is 2.55 bits per heavy atom. The molecule has 33 heavy (non-hydrogen) atoms. The van der Waals surface area contributed by atoms with Crippen molar-refractivity contribution in [3.63, 3.8) is 0 Å². The maximum atomic E-state index is 13.2. The van der Waals surface area contributed by atoms with Gasteiger partial charge in [0.2, 0.25) is 0 Å². The maximum absolute atomic E-state index is 13.2. The molecule has 2 unspecified atom stereocenters. The van der Waals surface area contributed by atoms with Gasteiger partial charge in [0.1, 0.15) is 11.5 Å². The van der Waals surface area contributed by atoms with Gasteiger partial charge < -0.3 is 19.5 Å². The fourth-order valence-electron chi connectivity index (χ4n) is 4.57. The number of amides is 1. The molecule has 0 saturated carbocycles. The van der Waals surface area contributed by atoms with E-state index in [0.29, 0.717) is 30.0 Å². The molecule has 2 aliphatic heterocycles. The summed E-state index contributed by atoms with van der Waals surface area (Å²) in [6.45, 7) is 7.09. The molecule has 1 N–H and O–H groups in total. The molecule has 7 nitrogen and oxygen atoms in total. The maximum Gasteiger partial charge on any atom is 0.295 e. The standard InChI is InChI=1S/C26H30N2O5/c1-26(2,3)19-14-17(7-8-20(19)32-4)23(29)21-22(16-9-11-27-12-10-16)28(25(31)24(21)30)15-18-6-5-13-33-18/h7-12,14,18,22,29H,5-6,13,15H2,1-4H3/b23-21-. The number of hydrogen-bond acceptors (Lipinski definition) is 6. The van der Waals surface area contributed by atoms with Crippen LogP contribution in [0, 0.1) is 0 Å². The number of carbonyl (C=O) groups is 2. The molecule has 2 aromatic rings. The Labute approximate surface area is 194 Å². The van der Waals surface area contributed by atoms with Crippen LogP contribution in [0.1, 0.15) is 56.3 Å². The fraction of sp³-hybridized carbons (Fsp3) is 0.423. The number of benzene rings is 1. The number of pyridine rings is 1. The topological polar surface area (TPSA) is 89.0 Å². The van der Waals surface area contributed by atoms with Crippen LogP contribution in [0.15, 0.2) is 48.3 Å². The molecule has 174 valence electrons. The van der Waals surface area contributed by atoms with Gasteiger partial charge >= 0.3 is 0 Å². The molecule has 1 aromatic carbocycles. The molecule has 4 rings (SSSR count). The molecular weight excluding hydrogens is 420 g/mol. The first-order valence-electron chi connectivity index (χ1n) is 11.2. The van der Waals surface area contributed by atoms with Gasteiger partial charge in [-0.25, -0.2) is 0 Å². The van der Waals surface area contributed by atoms with Crippen LogP contribution >= 0.6 is 0 Å². The summed E-state index contributed by atoms with van der Waals surface area (Å²) in [5.41, 5.74) is 1.90. The first kappa shape index (κ1) is 23.0. The third-order valence-corrected chi connectivity index (χ3v) is 6.27. The molecule has 3 heterocycles. The minimum atomic E-state index is -0.711. The third-order valence-electron chi connectivity index (χ3n) is 6.27. The second kappa shape index (κ2) is 8.98. The van der Waals surface area contributed by atoms with E-state index in [1.165, 1.54) is 4.90 Å². The number of aromatic nitrogens is 1. The van der Waals surface area contributed by atoms with Gasteiger partial charge in [0, 0.05) is 36.7 Å². The molecular formula is C26H30N2O5. The minimum Gasteiger partial charge on any atom is -0.507 e. The van der Waals surface area contributed by atoms with E-state index >= 15 is 0 Å². The van der Waals surface area contributed by atoms with Gasteiger partial charge in [-0.2, -0.15) is 0 Å². The number of carbonyl (C=O) groups excluding carboxylic acids is 2. The summed E-state index contributed by atoms with van der Waals surface area (Å²) in [7, 11) is 1.60. The van der Waals surface area contributed by atoms with Crippen molar-refractivity contribution < 1.29 is 24.2 Å². The predicted octanol–water partition coefficient (Wildman–Crippen LogP) is 3.99. The van der Waals surface area contributed by atoms with Crippen molar-refractivity contribution in [1.82, 2.24) is 9.88 Å². The van der Waals surface area contributed by atoms with Crippen LogP contribution < -0.4 is 4.74 Å². The van der Waals surface area contributed by atoms with Crippen molar-refractivity contribution in [2.24, 2.45) is 0 Å². The highest BCUT2D eigenvalue weighted by Crippen LogP contribution is 2.41. The molecule has 0 spiro atoms. The zero-order chi connectivity index (χ0) is 23.8. The van der Waals surface area contributed by atoms with Crippen molar-refractivity contribution in [2.75, 3.05) is 20.3 Å². The third kappa shape index (κ3) is 4.37. The molecule has 7 heteroatoms. The Hall–Kier alpha value is -3.19. The van der Waals surface area contributed by atoms with Crippen molar-refractivity contribution in [3.8, 4) is 5.75 Å². The number of Topliss-reactive ketones (excluding diaryl/α,β-unsaturated/α-hetero) is 1. The highest BCUT2D eigenvalue weighted by molar-refractivity contribution is 6.46. The average Bonchev–Trinajstić information content (AvgIpc) is 3.40. The van der Waals surface area contributed by atoms with Crippen LogP contribution in [0.5, 0.6) is 5.75 Å². The number of ether oxygens (including phenoxy) is 2. The van der Waals surface area contributed by atoms with E-state index in [0.717, 1.165) is 18.4 Å². The number of methoxy groups -OCH3 is 1. The Balaban J connectivity index is 1.84. The van der Waals surface area contributed by atoms with E-state index in [2.05, 4.69) is 4.98 Å². The average molecular weight is 451 g/mol. The summed E-state index contributed by atoms with van der Waals surface area (Å²) in [6, 6.07) is 8.13. The van der Waals surface area contributed by atoms with Crippen molar-refractivity contribution in [3.05, 3.63) is 65.0 Å². The molecule has 0 radical (unpaired) electrons. The van der Waals surface area contributed by atoms with Crippen LogP contribution in [0.4, 0.5) is 0 Å². The lowest BCUT2D eigenvalue weighted by molar-refractivity contribution is -0.140. The second-order valence-electron chi connectivity index (χ2n) is 9.53. The first-order valence-corrected chi connectivity index (χ1v) is 11.2. The smallest absolute Gasteiger partial charge is 0.295 e. The molecule has 1 amide bonds. The van der Waals surface area contributed by atoms with Crippen molar-refractivity contribution >= 4 is 17.4 Å². The van der Waals surface area contributed by atoms with E-state index in [1.807, 2.05) is 26.8 Å². The predicted molar refractivity (Wildman–Crippen MR) is 124 cm³/mol. The van der Waals surface area contributed by atoms with Crippen LogP contribution in [0.3, 0.4) is 0 Å². The normalized spacial score (nSPS) is 22.7. The lowest BCUT2D eigenvalue weighted by Gasteiger charge is -2.27. The molecule has 1 aromatic heterocycles.